The summed E-state index contributed by atoms with van der Waals surface area (Å²) in [6.07, 6.45) is 1.49. The van der Waals surface area contributed by atoms with Gasteiger partial charge in [-0.2, -0.15) is 0 Å². The van der Waals surface area contributed by atoms with Gasteiger partial charge in [0.25, 0.3) is 5.91 Å². The topological polar surface area (TPSA) is 76.8 Å². The van der Waals surface area contributed by atoms with E-state index in [9.17, 15) is 14.4 Å². The van der Waals surface area contributed by atoms with E-state index in [0.717, 1.165) is 0 Å². The number of furan rings is 1. The SMILES string of the molecule is CCOC(=O)[C@H]1CN(Cc2ccco2)C(=O)C1=O. The number of carbonyl (C=O) groups is 3. The van der Waals surface area contributed by atoms with Gasteiger partial charge in [-0.25, -0.2) is 0 Å². The standard InChI is InChI=1S/C12H13NO5/c1-2-17-12(16)9-7-13(11(15)10(9)14)6-8-4-3-5-18-8/h3-5,9H,2,6-7H2,1H3/t9-/m0/s1. The summed E-state index contributed by atoms with van der Waals surface area (Å²) in [5.41, 5.74) is 0. The van der Waals surface area contributed by atoms with Crippen LogP contribution in [0, 0.1) is 5.92 Å². The number of esters is 1. The van der Waals surface area contributed by atoms with Crippen molar-refractivity contribution >= 4 is 17.7 Å². The highest BCUT2D eigenvalue weighted by atomic mass is 16.5. The van der Waals surface area contributed by atoms with Gasteiger partial charge in [0.1, 0.15) is 11.7 Å². The van der Waals surface area contributed by atoms with Crippen LogP contribution in [0.25, 0.3) is 0 Å². The first kappa shape index (κ1) is 12.3. The zero-order valence-corrected chi connectivity index (χ0v) is 9.92. The smallest absolute Gasteiger partial charge is 0.318 e. The fourth-order valence-corrected chi connectivity index (χ4v) is 1.84. The summed E-state index contributed by atoms with van der Waals surface area (Å²) in [6, 6.07) is 3.40. The molecule has 1 aromatic rings. The molecule has 1 aliphatic rings. The zero-order valence-electron chi connectivity index (χ0n) is 9.92. The van der Waals surface area contributed by atoms with Gasteiger partial charge in [0.05, 0.1) is 19.4 Å². The highest BCUT2D eigenvalue weighted by Gasteiger charge is 2.44. The first-order chi connectivity index (χ1) is 8.63. The molecule has 0 aliphatic carbocycles. The molecule has 1 aliphatic heterocycles. The molecule has 18 heavy (non-hydrogen) atoms. The summed E-state index contributed by atoms with van der Waals surface area (Å²) in [7, 11) is 0. The quantitative estimate of drug-likeness (QED) is 0.439. The number of ketones is 1. The minimum Gasteiger partial charge on any atom is -0.467 e. The predicted octanol–water partition coefficient (Wildman–Crippen LogP) is 0.370. The molecule has 1 saturated heterocycles. The summed E-state index contributed by atoms with van der Waals surface area (Å²) in [6.45, 7) is 2.08. The Balaban J connectivity index is 2.05. The second kappa shape index (κ2) is 5.03. The van der Waals surface area contributed by atoms with Crippen LogP contribution in [0.4, 0.5) is 0 Å². The van der Waals surface area contributed by atoms with Crippen LogP contribution in [0.5, 0.6) is 0 Å². The Hall–Kier alpha value is -2.11. The van der Waals surface area contributed by atoms with Crippen LogP contribution >= 0.6 is 0 Å². The van der Waals surface area contributed by atoms with Crippen LogP contribution in [-0.2, 0) is 25.7 Å². The molecule has 2 rings (SSSR count). The molecule has 0 unspecified atom stereocenters. The van der Waals surface area contributed by atoms with Crippen LogP contribution in [0.2, 0.25) is 0 Å². The van der Waals surface area contributed by atoms with Gasteiger partial charge in [-0.3, -0.25) is 14.4 Å². The zero-order chi connectivity index (χ0) is 13.1. The number of likely N-dealkylation sites (tertiary alicyclic amines) is 1. The van der Waals surface area contributed by atoms with Crippen LogP contribution in [-0.4, -0.2) is 35.7 Å². The maximum atomic E-state index is 11.7. The summed E-state index contributed by atoms with van der Waals surface area (Å²) in [4.78, 5) is 36.1. The van der Waals surface area contributed by atoms with Crippen molar-refractivity contribution in [3.8, 4) is 0 Å². The Morgan fingerprint density at radius 2 is 2.33 bits per heavy atom. The fraction of sp³-hybridized carbons (Fsp3) is 0.417. The molecule has 96 valence electrons. The van der Waals surface area contributed by atoms with E-state index in [1.807, 2.05) is 0 Å². The molecule has 0 radical (unpaired) electrons. The number of amides is 1. The number of ether oxygens (including phenoxy) is 1. The van der Waals surface area contributed by atoms with Crippen LogP contribution < -0.4 is 0 Å². The van der Waals surface area contributed by atoms with E-state index in [0.29, 0.717) is 5.76 Å². The molecular formula is C12H13NO5. The maximum absolute atomic E-state index is 11.7. The lowest BCUT2D eigenvalue weighted by atomic mass is 10.1. The van der Waals surface area contributed by atoms with Gasteiger partial charge < -0.3 is 14.1 Å². The molecule has 1 amide bonds. The van der Waals surface area contributed by atoms with Crippen molar-refractivity contribution in [1.29, 1.82) is 0 Å². The van der Waals surface area contributed by atoms with Crippen LogP contribution in [0.15, 0.2) is 22.8 Å². The van der Waals surface area contributed by atoms with E-state index < -0.39 is 23.6 Å². The largest absolute Gasteiger partial charge is 0.467 e. The lowest BCUT2D eigenvalue weighted by Gasteiger charge is -2.13. The van der Waals surface area contributed by atoms with Crippen molar-refractivity contribution < 1.29 is 23.5 Å². The Labute approximate surface area is 103 Å². The Kier molecular flexibility index (Phi) is 3.45. The molecule has 0 aromatic carbocycles. The number of carbonyl (C=O) groups excluding carboxylic acids is 3. The summed E-state index contributed by atoms with van der Waals surface area (Å²) in [5.74, 6) is -2.45. The highest BCUT2D eigenvalue weighted by Crippen LogP contribution is 2.18. The molecule has 0 N–H and O–H groups in total. The summed E-state index contributed by atoms with van der Waals surface area (Å²) in [5, 5.41) is 0. The molecule has 0 spiro atoms. The molecule has 1 fully saturated rings. The molecule has 6 heteroatoms. The van der Waals surface area contributed by atoms with E-state index in [1.54, 1.807) is 19.1 Å². The second-order valence-electron chi connectivity index (χ2n) is 3.93. The monoisotopic (exact) mass is 251 g/mol. The predicted molar refractivity (Wildman–Crippen MR) is 59.3 cm³/mol. The van der Waals surface area contributed by atoms with Crippen molar-refractivity contribution in [2.75, 3.05) is 13.2 Å². The second-order valence-corrected chi connectivity index (χ2v) is 3.93. The average molecular weight is 251 g/mol. The van der Waals surface area contributed by atoms with Crippen molar-refractivity contribution in [3.05, 3.63) is 24.2 Å². The minimum atomic E-state index is -1.01. The van der Waals surface area contributed by atoms with Crippen molar-refractivity contribution in [2.24, 2.45) is 5.92 Å². The summed E-state index contributed by atoms with van der Waals surface area (Å²) < 4.78 is 9.87. The van der Waals surface area contributed by atoms with Gasteiger partial charge in [0, 0.05) is 6.54 Å². The maximum Gasteiger partial charge on any atom is 0.318 e. The third-order valence-corrected chi connectivity index (χ3v) is 2.72. The van der Waals surface area contributed by atoms with Crippen LogP contribution in [0.1, 0.15) is 12.7 Å². The van der Waals surface area contributed by atoms with E-state index in [2.05, 4.69) is 0 Å². The van der Waals surface area contributed by atoms with Crippen molar-refractivity contribution in [2.45, 2.75) is 13.5 Å². The van der Waals surface area contributed by atoms with Gasteiger partial charge in [-0.15, -0.1) is 0 Å². The van der Waals surface area contributed by atoms with Gasteiger partial charge in [-0.1, -0.05) is 0 Å². The van der Waals surface area contributed by atoms with Crippen LogP contribution in [0.3, 0.4) is 0 Å². The van der Waals surface area contributed by atoms with E-state index >= 15 is 0 Å². The van der Waals surface area contributed by atoms with E-state index in [4.69, 9.17) is 9.15 Å². The minimum absolute atomic E-state index is 0.0528. The molecule has 0 bridgehead atoms. The first-order valence-electron chi connectivity index (χ1n) is 5.65. The Bertz CT molecular complexity index is 465. The number of nitrogens with zero attached hydrogens (tertiary/aromatic N) is 1. The lowest BCUT2D eigenvalue weighted by Crippen LogP contribution is -2.26. The van der Waals surface area contributed by atoms with Crippen molar-refractivity contribution in [1.82, 2.24) is 4.90 Å². The third-order valence-electron chi connectivity index (χ3n) is 2.72. The molecule has 1 aromatic heterocycles. The number of rotatable bonds is 4. The molecule has 2 heterocycles. The summed E-state index contributed by atoms with van der Waals surface area (Å²) >= 11 is 0. The Morgan fingerprint density at radius 1 is 1.56 bits per heavy atom. The molecule has 1 atom stereocenters. The van der Waals surface area contributed by atoms with Gasteiger partial charge >= 0.3 is 5.97 Å². The molecular weight excluding hydrogens is 238 g/mol. The van der Waals surface area contributed by atoms with E-state index in [-0.39, 0.29) is 19.7 Å². The fourth-order valence-electron chi connectivity index (χ4n) is 1.84. The Morgan fingerprint density at radius 3 is 2.94 bits per heavy atom. The van der Waals surface area contributed by atoms with Gasteiger partial charge in [0.15, 0.2) is 0 Å². The normalized spacial score (nSPS) is 19.4. The van der Waals surface area contributed by atoms with E-state index in [1.165, 1.54) is 11.2 Å². The number of hydrogen-bond acceptors (Lipinski definition) is 5. The molecule has 6 nitrogen and oxygen atoms in total. The first-order valence-corrected chi connectivity index (χ1v) is 5.65. The molecule has 0 saturated carbocycles. The number of Topliss-reactive ketones (excluding diaryl/α,β-unsaturated/α-hetero) is 1. The van der Waals surface area contributed by atoms with Gasteiger partial charge in [-0.05, 0) is 19.1 Å². The number of hydrogen-bond donors (Lipinski definition) is 0. The lowest BCUT2D eigenvalue weighted by molar-refractivity contribution is -0.151. The highest BCUT2D eigenvalue weighted by molar-refractivity contribution is 6.42. The third kappa shape index (κ3) is 2.27. The van der Waals surface area contributed by atoms with Gasteiger partial charge in [0.2, 0.25) is 5.78 Å². The average Bonchev–Trinajstić information content (AvgIpc) is 2.93. The van der Waals surface area contributed by atoms with Crippen molar-refractivity contribution in [3.63, 3.8) is 0 Å².